The molecule has 1 aromatic heterocycles. The van der Waals surface area contributed by atoms with Crippen LogP contribution in [0.1, 0.15) is 11.1 Å². The molecule has 0 bridgehead atoms. The van der Waals surface area contributed by atoms with Gasteiger partial charge in [-0.25, -0.2) is 14.4 Å². The summed E-state index contributed by atoms with van der Waals surface area (Å²) in [6, 6.07) is 3.77. The highest BCUT2D eigenvalue weighted by molar-refractivity contribution is 6.28. The van der Waals surface area contributed by atoms with Gasteiger partial charge in [0.1, 0.15) is 11.4 Å². The fourth-order valence-electron chi connectivity index (χ4n) is 1.91. The van der Waals surface area contributed by atoms with E-state index in [1.807, 2.05) is 26.0 Å². The van der Waals surface area contributed by atoms with Crippen LogP contribution in [0.5, 0.6) is 5.75 Å². The average Bonchev–Trinajstić information content (AvgIpc) is 2.32. The zero-order chi connectivity index (χ0) is 13.3. The summed E-state index contributed by atoms with van der Waals surface area (Å²) in [7, 11) is 1.54. The van der Waals surface area contributed by atoms with Crippen LogP contribution in [0.2, 0.25) is 5.28 Å². The van der Waals surface area contributed by atoms with Gasteiger partial charge in [0.05, 0.1) is 13.3 Å². The molecule has 5 heteroatoms. The van der Waals surface area contributed by atoms with Crippen LogP contribution in [0.4, 0.5) is 4.39 Å². The van der Waals surface area contributed by atoms with Crippen molar-refractivity contribution in [3.8, 4) is 17.0 Å². The Hall–Kier alpha value is -1.68. The third-order valence-electron chi connectivity index (χ3n) is 2.62. The third kappa shape index (κ3) is 2.29. The number of hydrogen-bond donors (Lipinski definition) is 0. The van der Waals surface area contributed by atoms with Crippen LogP contribution in [0, 0.1) is 19.7 Å². The minimum atomic E-state index is -0.523. The molecular weight excluding hydrogens is 255 g/mol. The molecule has 1 aromatic carbocycles. The quantitative estimate of drug-likeness (QED) is 0.780. The Morgan fingerprint density at radius 1 is 1.28 bits per heavy atom. The predicted molar refractivity (Wildman–Crippen MR) is 68.5 cm³/mol. The molecule has 1 heterocycles. The van der Waals surface area contributed by atoms with E-state index < -0.39 is 5.82 Å². The molecule has 0 saturated heterocycles. The zero-order valence-electron chi connectivity index (χ0n) is 10.3. The van der Waals surface area contributed by atoms with Gasteiger partial charge in [0.15, 0.2) is 5.82 Å². The van der Waals surface area contributed by atoms with Crippen LogP contribution in [0.15, 0.2) is 18.3 Å². The summed E-state index contributed by atoms with van der Waals surface area (Å²) in [5.41, 5.74) is 2.67. The number of ether oxygens (including phenoxy) is 1. The largest absolute Gasteiger partial charge is 0.496 e. The number of aromatic nitrogens is 2. The smallest absolute Gasteiger partial charge is 0.223 e. The first-order valence-electron chi connectivity index (χ1n) is 5.36. The number of nitrogens with zero attached hydrogens (tertiary/aromatic N) is 2. The summed E-state index contributed by atoms with van der Waals surface area (Å²) in [6.07, 6.45) is 1.06. The molecule has 0 N–H and O–H groups in total. The summed E-state index contributed by atoms with van der Waals surface area (Å²) < 4.78 is 19.1. The highest BCUT2D eigenvalue weighted by atomic mass is 35.5. The lowest BCUT2D eigenvalue weighted by molar-refractivity contribution is 0.415. The van der Waals surface area contributed by atoms with Crippen molar-refractivity contribution >= 4 is 11.6 Å². The molecule has 0 fully saturated rings. The van der Waals surface area contributed by atoms with Crippen molar-refractivity contribution in [1.29, 1.82) is 0 Å². The maximum absolute atomic E-state index is 13.8. The number of methoxy groups -OCH3 is 1. The van der Waals surface area contributed by atoms with E-state index in [2.05, 4.69) is 9.97 Å². The molecule has 2 rings (SSSR count). The number of aryl methyl sites for hydroxylation is 2. The fourth-order valence-corrected chi connectivity index (χ4v) is 2.05. The first-order chi connectivity index (χ1) is 8.52. The molecule has 3 nitrogen and oxygen atoms in total. The summed E-state index contributed by atoms with van der Waals surface area (Å²) in [6.45, 7) is 3.82. The Balaban J connectivity index is 2.74. The summed E-state index contributed by atoms with van der Waals surface area (Å²) in [5, 5.41) is 0.00780. The molecule has 0 saturated carbocycles. The molecule has 0 aliphatic rings. The molecule has 0 radical (unpaired) electrons. The van der Waals surface area contributed by atoms with E-state index in [1.54, 1.807) is 7.11 Å². The second kappa shape index (κ2) is 4.90. The first-order valence-corrected chi connectivity index (χ1v) is 5.74. The average molecular weight is 267 g/mol. The van der Waals surface area contributed by atoms with Gasteiger partial charge in [0, 0.05) is 5.56 Å². The van der Waals surface area contributed by atoms with Crippen molar-refractivity contribution in [1.82, 2.24) is 9.97 Å². The molecule has 18 heavy (non-hydrogen) atoms. The normalized spacial score (nSPS) is 10.5. The second-order valence-corrected chi connectivity index (χ2v) is 4.33. The Labute approximate surface area is 110 Å². The van der Waals surface area contributed by atoms with Crippen molar-refractivity contribution in [2.24, 2.45) is 0 Å². The zero-order valence-corrected chi connectivity index (χ0v) is 11.0. The van der Waals surface area contributed by atoms with E-state index >= 15 is 0 Å². The van der Waals surface area contributed by atoms with Crippen LogP contribution >= 0.6 is 11.6 Å². The lowest BCUT2D eigenvalue weighted by Crippen LogP contribution is -1.98. The van der Waals surface area contributed by atoms with Crippen molar-refractivity contribution in [3.05, 3.63) is 40.6 Å². The summed E-state index contributed by atoms with van der Waals surface area (Å²) >= 11 is 5.72. The van der Waals surface area contributed by atoms with Crippen LogP contribution in [0.25, 0.3) is 11.3 Å². The number of hydrogen-bond acceptors (Lipinski definition) is 3. The third-order valence-corrected chi connectivity index (χ3v) is 2.80. The SMILES string of the molecule is COc1cc(C)cc(C)c1-c1nc(Cl)ncc1F. The van der Waals surface area contributed by atoms with Crippen molar-refractivity contribution in [2.45, 2.75) is 13.8 Å². The van der Waals surface area contributed by atoms with Crippen LogP contribution < -0.4 is 4.74 Å². The molecule has 0 amide bonds. The Bertz CT molecular complexity index is 602. The molecule has 0 spiro atoms. The van der Waals surface area contributed by atoms with Crippen molar-refractivity contribution in [2.75, 3.05) is 7.11 Å². The summed E-state index contributed by atoms with van der Waals surface area (Å²) in [4.78, 5) is 7.55. The Morgan fingerprint density at radius 3 is 2.67 bits per heavy atom. The number of rotatable bonds is 2. The lowest BCUT2D eigenvalue weighted by atomic mass is 10.0. The van der Waals surface area contributed by atoms with Gasteiger partial charge in [-0.15, -0.1) is 0 Å². The fraction of sp³-hybridized carbons (Fsp3) is 0.231. The van der Waals surface area contributed by atoms with E-state index in [4.69, 9.17) is 16.3 Å². The molecular formula is C13H12ClFN2O. The van der Waals surface area contributed by atoms with Crippen LogP contribution in [-0.4, -0.2) is 17.1 Å². The van der Waals surface area contributed by atoms with Crippen molar-refractivity contribution in [3.63, 3.8) is 0 Å². The predicted octanol–water partition coefficient (Wildman–Crippen LogP) is 3.56. The van der Waals surface area contributed by atoms with Crippen LogP contribution in [-0.2, 0) is 0 Å². The van der Waals surface area contributed by atoms with Gasteiger partial charge in [-0.05, 0) is 42.6 Å². The van der Waals surface area contributed by atoms with Crippen LogP contribution in [0.3, 0.4) is 0 Å². The number of benzene rings is 1. The maximum atomic E-state index is 13.8. The second-order valence-electron chi connectivity index (χ2n) is 3.99. The topological polar surface area (TPSA) is 35.0 Å². The van der Waals surface area contributed by atoms with Gasteiger partial charge in [0.25, 0.3) is 0 Å². The molecule has 0 atom stereocenters. The molecule has 94 valence electrons. The lowest BCUT2D eigenvalue weighted by Gasteiger charge is -2.13. The molecule has 0 aliphatic heterocycles. The van der Waals surface area contributed by atoms with E-state index in [0.717, 1.165) is 17.3 Å². The van der Waals surface area contributed by atoms with Gasteiger partial charge in [-0.1, -0.05) is 6.07 Å². The standard InChI is InChI=1S/C13H12ClFN2O/c1-7-4-8(2)11(10(5-7)18-3)12-9(15)6-16-13(14)17-12/h4-6H,1-3H3. The van der Waals surface area contributed by atoms with E-state index in [0.29, 0.717) is 11.3 Å². The van der Waals surface area contributed by atoms with E-state index in [1.165, 1.54) is 0 Å². The Kier molecular flexibility index (Phi) is 3.48. The van der Waals surface area contributed by atoms with E-state index in [9.17, 15) is 4.39 Å². The van der Waals surface area contributed by atoms with Gasteiger partial charge in [-0.3, -0.25) is 0 Å². The Morgan fingerprint density at radius 2 is 2.00 bits per heavy atom. The highest BCUT2D eigenvalue weighted by Gasteiger charge is 2.16. The van der Waals surface area contributed by atoms with Crippen molar-refractivity contribution < 1.29 is 9.13 Å². The molecule has 0 unspecified atom stereocenters. The minimum absolute atomic E-state index is 0.00780. The molecule has 2 aromatic rings. The van der Waals surface area contributed by atoms with E-state index in [-0.39, 0.29) is 11.0 Å². The maximum Gasteiger partial charge on any atom is 0.223 e. The van der Waals surface area contributed by atoms with Gasteiger partial charge >= 0.3 is 0 Å². The summed E-state index contributed by atoms with van der Waals surface area (Å²) in [5.74, 6) is 0.0471. The van der Waals surface area contributed by atoms with Gasteiger partial charge < -0.3 is 4.74 Å². The highest BCUT2D eigenvalue weighted by Crippen LogP contribution is 2.34. The number of halogens is 2. The van der Waals surface area contributed by atoms with Gasteiger partial charge in [-0.2, -0.15) is 0 Å². The first kappa shape index (κ1) is 12.8. The minimum Gasteiger partial charge on any atom is -0.496 e. The van der Waals surface area contributed by atoms with Gasteiger partial charge in [0.2, 0.25) is 5.28 Å². The monoisotopic (exact) mass is 266 g/mol. The molecule has 0 aliphatic carbocycles.